The zero-order valence-corrected chi connectivity index (χ0v) is 9.11. The van der Waals surface area contributed by atoms with E-state index in [0.717, 1.165) is 5.56 Å². The maximum absolute atomic E-state index is 11.5. The highest BCUT2D eigenvalue weighted by molar-refractivity contribution is 7.92. The summed E-state index contributed by atoms with van der Waals surface area (Å²) in [6.45, 7) is 1.87. The molecular weight excluding hydrogens is 204 g/mol. The molecule has 0 saturated heterocycles. The summed E-state index contributed by atoms with van der Waals surface area (Å²) in [7, 11) is -3.11. The summed E-state index contributed by atoms with van der Waals surface area (Å²) >= 11 is 3.91. The van der Waals surface area contributed by atoms with Crippen molar-refractivity contribution in [1.82, 2.24) is 0 Å². The molecule has 0 bridgehead atoms. The van der Waals surface area contributed by atoms with Crippen LogP contribution in [0.1, 0.15) is 5.56 Å². The van der Waals surface area contributed by atoms with E-state index >= 15 is 0 Å². The maximum atomic E-state index is 11.5. The fourth-order valence-corrected chi connectivity index (χ4v) is 2.90. The quantitative estimate of drug-likeness (QED) is 0.780. The second-order valence-corrected chi connectivity index (χ2v) is 5.42. The minimum atomic E-state index is -3.11. The smallest absolute Gasteiger partial charge is 0.179 e. The molecule has 0 fully saturated rings. The van der Waals surface area contributed by atoms with Crippen molar-refractivity contribution in [2.24, 2.45) is 0 Å². The van der Waals surface area contributed by atoms with Gasteiger partial charge in [-0.2, -0.15) is 12.6 Å². The fraction of sp³-hybridized carbons (Fsp3) is 0.333. The first kappa shape index (κ1) is 10.6. The second-order valence-electron chi connectivity index (χ2n) is 2.86. The van der Waals surface area contributed by atoms with Crippen molar-refractivity contribution >= 4 is 22.5 Å². The van der Waals surface area contributed by atoms with Crippen molar-refractivity contribution in [3.63, 3.8) is 0 Å². The zero-order chi connectivity index (χ0) is 9.90. The average Bonchev–Trinajstić information content (AvgIpc) is 2.04. The van der Waals surface area contributed by atoms with Gasteiger partial charge in [0.1, 0.15) is 0 Å². The fourth-order valence-electron chi connectivity index (χ4n) is 1.05. The number of sulfone groups is 1. The minimum absolute atomic E-state index is 0.0968. The summed E-state index contributed by atoms with van der Waals surface area (Å²) in [6.07, 6.45) is 0. The van der Waals surface area contributed by atoms with Gasteiger partial charge in [0.05, 0.1) is 10.6 Å². The summed E-state index contributed by atoms with van der Waals surface area (Å²) in [6, 6.07) is 6.92. The number of rotatable bonds is 3. The Bertz CT molecular complexity index is 382. The van der Waals surface area contributed by atoms with Gasteiger partial charge >= 0.3 is 0 Å². The van der Waals surface area contributed by atoms with Crippen molar-refractivity contribution < 1.29 is 8.42 Å². The van der Waals surface area contributed by atoms with Gasteiger partial charge < -0.3 is 0 Å². The third-order valence-electron chi connectivity index (χ3n) is 1.71. The van der Waals surface area contributed by atoms with Gasteiger partial charge in [0.15, 0.2) is 9.84 Å². The number of benzene rings is 1. The van der Waals surface area contributed by atoms with Crippen LogP contribution in [0.25, 0.3) is 0 Å². The predicted octanol–water partition coefficient (Wildman–Crippen LogP) is 1.70. The van der Waals surface area contributed by atoms with Crippen molar-refractivity contribution in [2.45, 2.75) is 11.8 Å². The van der Waals surface area contributed by atoms with Gasteiger partial charge in [-0.15, -0.1) is 0 Å². The summed E-state index contributed by atoms with van der Waals surface area (Å²) in [5, 5.41) is 0. The Kier molecular flexibility index (Phi) is 3.39. The first-order valence-electron chi connectivity index (χ1n) is 3.96. The van der Waals surface area contributed by atoms with Crippen molar-refractivity contribution in [3.05, 3.63) is 29.8 Å². The number of aryl methyl sites for hydroxylation is 1. The standard InChI is InChI=1S/C9H12O2S2/c1-8-3-2-4-9(7-8)13(10,11)6-5-12/h2-4,7,12H,5-6H2,1H3. The molecule has 4 heteroatoms. The second kappa shape index (κ2) is 4.15. The van der Waals surface area contributed by atoms with Gasteiger partial charge in [-0.3, -0.25) is 0 Å². The summed E-state index contributed by atoms with van der Waals surface area (Å²) < 4.78 is 23.1. The molecule has 72 valence electrons. The van der Waals surface area contributed by atoms with Gasteiger partial charge in [0.25, 0.3) is 0 Å². The molecule has 0 aliphatic carbocycles. The van der Waals surface area contributed by atoms with E-state index < -0.39 is 9.84 Å². The number of hydrogen-bond donors (Lipinski definition) is 1. The molecule has 0 spiro atoms. The van der Waals surface area contributed by atoms with Crippen molar-refractivity contribution in [2.75, 3.05) is 11.5 Å². The van der Waals surface area contributed by atoms with Crippen LogP contribution < -0.4 is 0 Å². The molecule has 0 saturated carbocycles. The van der Waals surface area contributed by atoms with Crippen molar-refractivity contribution in [1.29, 1.82) is 0 Å². The van der Waals surface area contributed by atoms with Crippen LogP contribution in [0.4, 0.5) is 0 Å². The lowest BCUT2D eigenvalue weighted by atomic mass is 10.2. The van der Waals surface area contributed by atoms with E-state index in [1.54, 1.807) is 18.2 Å². The Morgan fingerprint density at radius 3 is 2.62 bits per heavy atom. The molecule has 1 rings (SSSR count). The number of hydrogen-bond acceptors (Lipinski definition) is 3. The van der Waals surface area contributed by atoms with Crippen LogP contribution in [0, 0.1) is 6.92 Å². The van der Waals surface area contributed by atoms with Crippen LogP contribution in [0.2, 0.25) is 0 Å². The molecule has 2 nitrogen and oxygen atoms in total. The third-order valence-corrected chi connectivity index (χ3v) is 3.95. The molecule has 1 aromatic rings. The van der Waals surface area contributed by atoms with Crippen molar-refractivity contribution in [3.8, 4) is 0 Å². The highest BCUT2D eigenvalue weighted by Crippen LogP contribution is 2.12. The van der Waals surface area contributed by atoms with Gasteiger partial charge in [0, 0.05) is 5.75 Å². The van der Waals surface area contributed by atoms with Crippen LogP contribution in [0.15, 0.2) is 29.2 Å². The van der Waals surface area contributed by atoms with E-state index in [1.807, 2.05) is 13.0 Å². The molecule has 0 radical (unpaired) electrons. The molecular formula is C9H12O2S2. The Hall–Kier alpha value is -0.480. The molecule has 0 aromatic heterocycles. The highest BCUT2D eigenvalue weighted by Gasteiger charge is 2.12. The lowest BCUT2D eigenvalue weighted by Crippen LogP contribution is -2.07. The van der Waals surface area contributed by atoms with Gasteiger partial charge in [-0.25, -0.2) is 8.42 Å². The molecule has 13 heavy (non-hydrogen) atoms. The Balaban J connectivity index is 3.08. The topological polar surface area (TPSA) is 34.1 Å². The van der Waals surface area contributed by atoms with Crippen LogP contribution >= 0.6 is 12.6 Å². The van der Waals surface area contributed by atoms with E-state index in [9.17, 15) is 8.42 Å². The Labute approximate surface area is 84.3 Å². The summed E-state index contributed by atoms with van der Waals surface area (Å²) in [5.74, 6) is 0.454. The Morgan fingerprint density at radius 1 is 1.38 bits per heavy atom. The summed E-state index contributed by atoms with van der Waals surface area (Å²) in [5.41, 5.74) is 0.959. The molecule has 1 aromatic carbocycles. The van der Waals surface area contributed by atoms with E-state index in [2.05, 4.69) is 12.6 Å². The van der Waals surface area contributed by atoms with Gasteiger partial charge in [0.2, 0.25) is 0 Å². The lowest BCUT2D eigenvalue weighted by molar-refractivity contribution is 0.597. The van der Waals surface area contributed by atoms with Crippen LogP contribution in [-0.2, 0) is 9.84 Å². The monoisotopic (exact) mass is 216 g/mol. The highest BCUT2D eigenvalue weighted by atomic mass is 32.2. The largest absolute Gasteiger partial charge is 0.224 e. The van der Waals surface area contributed by atoms with Crippen LogP contribution in [0.5, 0.6) is 0 Å². The van der Waals surface area contributed by atoms with Crippen LogP contribution in [-0.4, -0.2) is 19.9 Å². The predicted molar refractivity (Wildman–Crippen MR) is 57.1 cm³/mol. The molecule has 0 aliphatic rings. The number of thiol groups is 1. The average molecular weight is 216 g/mol. The normalized spacial score (nSPS) is 11.5. The van der Waals surface area contributed by atoms with E-state index in [1.165, 1.54) is 0 Å². The minimum Gasteiger partial charge on any atom is -0.224 e. The first-order chi connectivity index (χ1) is 6.06. The van der Waals surface area contributed by atoms with Crippen LogP contribution in [0.3, 0.4) is 0 Å². The third kappa shape index (κ3) is 2.74. The maximum Gasteiger partial charge on any atom is 0.179 e. The Morgan fingerprint density at radius 2 is 2.08 bits per heavy atom. The molecule has 0 N–H and O–H groups in total. The molecule has 0 unspecified atom stereocenters. The molecule has 0 atom stereocenters. The SMILES string of the molecule is Cc1cccc(S(=O)(=O)CCS)c1. The molecule has 0 heterocycles. The van der Waals surface area contributed by atoms with E-state index in [4.69, 9.17) is 0 Å². The zero-order valence-electron chi connectivity index (χ0n) is 7.40. The molecule has 0 aliphatic heterocycles. The van der Waals surface area contributed by atoms with E-state index in [0.29, 0.717) is 10.6 Å². The summed E-state index contributed by atoms with van der Waals surface area (Å²) in [4.78, 5) is 0.390. The van der Waals surface area contributed by atoms with Gasteiger partial charge in [-0.1, -0.05) is 12.1 Å². The first-order valence-corrected chi connectivity index (χ1v) is 6.25. The van der Waals surface area contributed by atoms with Gasteiger partial charge in [-0.05, 0) is 24.6 Å². The lowest BCUT2D eigenvalue weighted by Gasteiger charge is -2.02. The van der Waals surface area contributed by atoms with E-state index in [-0.39, 0.29) is 5.75 Å². The molecule has 0 amide bonds.